The fourth-order valence-corrected chi connectivity index (χ4v) is 2.71. The molecule has 9 heteroatoms. The van der Waals surface area contributed by atoms with Gasteiger partial charge in [0.05, 0.1) is 18.3 Å². The van der Waals surface area contributed by atoms with Crippen LogP contribution in [0.4, 0.5) is 15.9 Å². The fraction of sp³-hybridized carbons (Fsp3) is 0.467. The van der Waals surface area contributed by atoms with Gasteiger partial charge in [0.1, 0.15) is 18.2 Å². The van der Waals surface area contributed by atoms with Crippen LogP contribution in [-0.2, 0) is 0 Å². The van der Waals surface area contributed by atoms with Crippen molar-refractivity contribution in [2.75, 3.05) is 23.3 Å². The molecular weight excluding hydrogens is 335 g/mol. The van der Waals surface area contributed by atoms with Gasteiger partial charge in [-0.25, -0.2) is 14.4 Å². The molecule has 0 radical (unpaired) electrons. The minimum absolute atomic E-state index is 0.118. The molecule has 1 amide bonds. The monoisotopic (exact) mass is 352 g/mol. The van der Waals surface area contributed by atoms with Crippen LogP contribution < -0.4 is 10.2 Å². The normalized spacial score (nSPS) is 17.5. The van der Waals surface area contributed by atoms with Crippen LogP contribution in [0.5, 0.6) is 0 Å². The molecule has 0 spiro atoms. The van der Waals surface area contributed by atoms with E-state index in [9.17, 15) is 9.18 Å². The third-order valence-electron chi connectivity index (χ3n) is 3.84. The van der Waals surface area contributed by atoms with Crippen LogP contribution in [0.2, 0.25) is 5.15 Å². The molecule has 1 N–H and O–H groups in total. The number of carbonyl (C=O) groups excluding carboxylic acids is 1. The summed E-state index contributed by atoms with van der Waals surface area (Å²) in [5.74, 6) is 0.0654. The van der Waals surface area contributed by atoms with Gasteiger partial charge in [0, 0.05) is 18.8 Å². The van der Waals surface area contributed by atoms with Crippen LogP contribution in [0.1, 0.15) is 36.7 Å². The summed E-state index contributed by atoms with van der Waals surface area (Å²) < 4.78 is 15.2. The molecule has 0 aromatic carbocycles. The van der Waals surface area contributed by atoms with Gasteiger partial charge >= 0.3 is 0 Å². The van der Waals surface area contributed by atoms with Crippen molar-refractivity contribution in [2.45, 2.75) is 32.5 Å². The largest absolute Gasteiger partial charge is 0.352 e. The Labute approximate surface area is 143 Å². The highest BCUT2D eigenvalue weighted by molar-refractivity contribution is 6.33. The quantitative estimate of drug-likeness (QED) is 0.856. The van der Waals surface area contributed by atoms with Gasteiger partial charge in [-0.15, -0.1) is 0 Å². The molecule has 24 heavy (non-hydrogen) atoms. The first-order chi connectivity index (χ1) is 11.5. The van der Waals surface area contributed by atoms with Crippen molar-refractivity contribution in [3.05, 3.63) is 29.4 Å². The van der Waals surface area contributed by atoms with Crippen LogP contribution in [0.25, 0.3) is 0 Å². The lowest BCUT2D eigenvalue weighted by atomic mass is 10.3. The second-order valence-corrected chi connectivity index (χ2v) is 6.31. The van der Waals surface area contributed by atoms with Crippen LogP contribution in [0.3, 0.4) is 0 Å². The zero-order chi connectivity index (χ0) is 17.3. The molecule has 1 aliphatic rings. The SMILES string of the molecule is CC(C)n1cc(C(=O)Nc2c(Cl)ncnc2N2CC[C@H](F)C2)cn1. The van der Waals surface area contributed by atoms with Crippen LogP contribution in [0, 0.1) is 0 Å². The lowest BCUT2D eigenvalue weighted by molar-refractivity contribution is 0.102. The number of nitrogens with zero attached hydrogens (tertiary/aromatic N) is 5. The molecule has 1 saturated heterocycles. The van der Waals surface area contributed by atoms with Crippen LogP contribution >= 0.6 is 11.6 Å². The van der Waals surface area contributed by atoms with E-state index in [1.54, 1.807) is 15.8 Å². The smallest absolute Gasteiger partial charge is 0.259 e. The van der Waals surface area contributed by atoms with Crippen molar-refractivity contribution >= 4 is 29.0 Å². The van der Waals surface area contributed by atoms with Crippen molar-refractivity contribution in [1.82, 2.24) is 19.7 Å². The topological polar surface area (TPSA) is 75.9 Å². The number of carbonyl (C=O) groups is 1. The molecule has 0 bridgehead atoms. The maximum Gasteiger partial charge on any atom is 0.259 e. The van der Waals surface area contributed by atoms with Crippen molar-refractivity contribution in [3.63, 3.8) is 0 Å². The molecule has 0 aliphatic carbocycles. The molecule has 128 valence electrons. The number of alkyl halides is 1. The van der Waals surface area contributed by atoms with Crippen molar-refractivity contribution < 1.29 is 9.18 Å². The first-order valence-corrected chi connectivity index (χ1v) is 8.08. The van der Waals surface area contributed by atoms with E-state index in [0.717, 1.165) is 0 Å². The number of nitrogens with one attached hydrogen (secondary N) is 1. The van der Waals surface area contributed by atoms with Crippen molar-refractivity contribution in [1.29, 1.82) is 0 Å². The van der Waals surface area contributed by atoms with Gasteiger partial charge in [-0.05, 0) is 20.3 Å². The highest BCUT2D eigenvalue weighted by Gasteiger charge is 2.27. The maximum atomic E-state index is 13.5. The minimum atomic E-state index is -0.911. The Balaban J connectivity index is 1.84. The lowest BCUT2D eigenvalue weighted by Crippen LogP contribution is -2.24. The lowest BCUT2D eigenvalue weighted by Gasteiger charge is -2.20. The highest BCUT2D eigenvalue weighted by Crippen LogP contribution is 2.32. The zero-order valence-corrected chi connectivity index (χ0v) is 14.2. The van der Waals surface area contributed by atoms with Crippen molar-refractivity contribution in [3.8, 4) is 0 Å². The van der Waals surface area contributed by atoms with E-state index in [4.69, 9.17) is 11.6 Å². The van der Waals surface area contributed by atoms with Gasteiger partial charge < -0.3 is 10.2 Å². The summed E-state index contributed by atoms with van der Waals surface area (Å²) in [4.78, 5) is 22.3. The fourth-order valence-electron chi connectivity index (χ4n) is 2.54. The number of anilines is 2. The molecule has 3 heterocycles. The second kappa shape index (κ2) is 6.72. The molecule has 1 atom stereocenters. The van der Waals surface area contributed by atoms with Crippen LogP contribution in [-0.4, -0.2) is 44.9 Å². The van der Waals surface area contributed by atoms with E-state index in [0.29, 0.717) is 24.3 Å². The molecule has 0 unspecified atom stereocenters. The highest BCUT2D eigenvalue weighted by atomic mass is 35.5. The number of hydrogen-bond acceptors (Lipinski definition) is 5. The Morgan fingerprint density at radius 1 is 1.46 bits per heavy atom. The standard InChI is InChI=1S/C15H18ClFN6O/c1-9(2)23-6-10(5-20-23)15(24)21-12-13(16)18-8-19-14(12)22-4-3-11(17)7-22/h5-6,8-9,11H,3-4,7H2,1-2H3,(H,21,24)/t11-/m0/s1. The average Bonchev–Trinajstić information content (AvgIpc) is 3.18. The van der Waals surface area contributed by atoms with Gasteiger partial charge in [0.25, 0.3) is 5.91 Å². The third-order valence-corrected chi connectivity index (χ3v) is 4.13. The van der Waals surface area contributed by atoms with E-state index in [2.05, 4.69) is 20.4 Å². The molecule has 0 saturated carbocycles. The van der Waals surface area contributed by atoms with Gasteiger partial charge in [-0.2, -0.15) is 5.10 Å². The predicted molar refractivity (Wildman–Crippen MR) is 89.3 cm³/mol. The number of hydrogen-bond donors (Lipinski definition) is 1. The van der Waals surface area contributed by atoms with E-state index in [1.165, 1.54) is 12.5 Å². The molecule has 2 aromatic rings. The summed E-state index contributed by atoms with van der Waals surface area (Å²) in [6, 6.07) is 0.150. The number of halogens is 2. The number of aromatic nitrogens is 4. The van der Waals surface area contributed by atoms with E-state index in [-0.39, 0.29) is 29.3 Å². The number of amides is 1. The summed E-state index contributed by atoms with van der Waals surface area (Å²) in [5, 5.41) is 6.99. The first-order valence-electron chi connectivity index (χ1n) is 7.70. The van der Waals surface area contributed by atoms with Crippen molar-refractivity contribution in [2.24, 2.45) is 0 Å². The molecule has 7 nitrogen and oxygen atoms in total. The summed E-state index contributed by atoms with van der Waals surface area (Å²) in [7, 11) is 0. The summed E-state index contributed by atoms with van der Waals surface area (Å²) >= 11 is 6.12. The Kier molecular flexibility index (Phi) is 4.66. The molecule has 1 aliphatic heterocycles. The Morgan fingerprint density at radius 3 is 2.88 bits per heavy atom. The van der Waals surface area contributed by atoms with Gasteiger partial charge in [0.15, 0.2) is 11.0 Å². The van der Waals surface area contributed by atoms with E-state index in [1.807, 2.05) is 13.8 Å². The minimum Gasteiger partial charge on any atom is -0.352 e. The molecular formula is C15H18ClFN6O. The summed E-state index contributed by atoms with van der Waals surface area (Å²) in [6.45, 7) is 4.68. The average molecular weight is 353 g/mol. The first kappa shape index (κ1) is 16.6. The van der Waals surface area contributed by atoms with E-state index >= 15 is 0 Å². The summed E-state index contributed by atoms with van der Waals surface area (Å²) in [5.41, 5.74) is 0.690. The summed E-state index contributed by atoms with van der Waals surface area (Å²) in [6.07, 6.45) is 3.96. The third kappa shape index (κ3) is 3.33. The predicted octanol–water partition coefficient (Wildman–Crippen LogP) is 2.71. The Hall–Kier alpha value is -2.22. The maximum absolute atomic E-state index is 13.5. The Bertz CT molecular complexity index is 749. The van der Waals surface area contributed by atoms with Gasteiger partial charge in [-0.1, -0.05) is 11.6 Å². The van der Waals surface area contributed by atoms with Crippen LogP contribution in [0.15, 0.2) is 18.7 Å². The molecule has 1 fully saturated rings. The molecule has 3 rings (SSSR count). The Morgan fingerprint density at radius 2 is 2.25 bits per heavy atom. The molecule has 2 aromatic heterocycles. The second-order valence-electron chi connectivity index (χ2n) is 5.95. The zero-order valence-electron chi connectivity index (χ0n) is 13.4. The number of rotatable bonds is 4. The van der Waals surface area contributed by atoms with Gasteiger partial charge in [0.2, 0.25) is 0 Å². The van der Waals surface area contributed by atoms with Gasteiger partial charge in [-0.3, -0.25) is 9.48 Å². The van der Waals surface area contributed by atoms with E-state index < -0.39 is 6.17 Å².